The van der Waals surface area contributed by atoms with E-state index in [1.807, 2.05) is 364 Å². The highest BCUT2D eigenvalue weighted by Crippen LogP contribution is 2.40. The van der Waals surface area contributed by atoms with E-state index in [9.17, 15) is 0 Å². The Morgan fingerprint density at radius 3 is 0.430 bits per heavy atom. The van der Waals surface area contributed by atoms with Crippen LogP contribution >= 0.6 is 31.9 Å². The molecule has 15 rings (SSSR count). The molecule has 0 aliphatic carbocycles. The predicted molar refractivity (Wildman–Crippen MR) is 478 cm³/mol. The fraction of sp³-hybridized carbons (Fsp3) is 0.143. The van der Waals surface area contributed by atoms with E-state index in [2.05, 4.69) is 31.9 Å². The average Bonchev–Trinajstić information content (AvgIpc) is 0.821. The lowest BCUT2D eigenvalue weighted by atomic mass is 10.1. The zero-order valence-electron chi connectivity index (χ0n) is 66.7. The van der Waals surface area contributed by atoms with Crippen molar-refractivity contribution in [2.24, 2.45) is 0 Å². The van der Waals surface area contributed by atoms with E-state index >= 15 is 0 Å². The lowest BCUT2D eigenvalue weighted by Gasteiger charge is -2.17. The Kier molecular flexibility index (Phi) is 29.5. The van der Waals surface area contributed by atoms with Crippen LogP contribution in [0.5, 0.6) is 80.5 Å². The van der Waals surface area contributed by atoms with Crippen molar-refractivity contribution in [3.63, 3.8) is 0 Å². The maximum atomic E-state index is 6.81. The molecule has 608 valence electrons. The van der Waals surface area contributed by atoms with Crippen LogP contribution in [0.4, 0.5) is 0 Å². The summed E-state index contributed by atoms with van der Waals surface area (Å²) >= 11 is 7.58. The molecule has 15 aromatic rings. The van der Waals surface area contributed by atoms with Crippen LogP contribution in [0.1, 0.15) is 83.5 Å². The minimum absolute atomic E-state index is 0.123. The Bertz CT molecular complexity index is 5330. The zero-order chi connectivity index (χ0) is 82.3. The van der Waals surface area contributed by atoms with Crippen molar-refractivity contribution in [1.29, 1.82) is 0 Å². The third-order valence-electron chi connectivity index (χ3n) is 19.3. The molecule has 0 radical (unpaired) electrons. The SMILES string of the molecule is BrCc1cc(OCc2cc(OCc3cc(OCc4ccccc4)cc(OCc4ccccc4)c3)cc(OCc3cc(OCc4ccccc4)cc(OCc4ccccc4)c3)c2)cc(OCc2cc(OCc3cc(OCc4ccccc4)cc(OCc4ccccc4)c3)cc(OCc3cc(OCc4ccccc4)c(Br)c(OCc4ccccc4)c3)c2)c1. The van der Waals surface area contributed by atoms with Crippen LogP contribution in [0.2, 0.25) is 0 Å². The molecule has 0 fully saturated rings. The normalized spacial score (nSPS) is 10.9. The van der Waals surface area contributed by atoms with Crippen LogP contribution in [0, 0.1) is 0 Å². The Morgan fingerprint density at radius 1 is 0.140 bits per heavy atom. The van der Waals surface area contributed by atoms with Gasteiger partial charge in [0, 0.05) is 41.7 Å². The molecule has 15 aromatic carbocycles. The summed E-state index contributed by atoms with van der Waals surface area (Å²) in [5.74, 6) is 8.38. The standard InChI is InChI=1S/C105H90Br2O14/c106-61-84-41-91(114-70-88-49-99(116-72-85-43-93(108-62-76-25-9-1-10-26-76)56-94(44-85)109-63-77-27-11-2-12-28-77)59-100(50-88)117-73-86-45-95(110-64-78-29-13-3-14-30-78)57-96(46-86)111-65-79-31-15-4-16-32-79)55-92(42-84)115-71-89-51-101(118-74-87-47-97(112-66-80-33-17-5-18-34-80)58-98(48-87)113-67-81-35-19-6-20-36-81)60-102(52-89)119-75-90-53-103(120-68-82-37-21-7-22-38-82)105(107)104(54-90)121-69-83-39-23-8-24-40-83/h1-60H,61-75H2. The highest BCUT2D eigenvalue weighted by atomic mass is 79.9. The summed E-state index contributed by atoms with van der Waals surface area (Å²) in [5.41, 5.74) is 14.1. The molecule has 0 atom stereocenters. The molecular weight excluding hydrogens is 1640 g/mol. The largest absolute Gasteiger partial charge is 0.489 e. The van der Waals surface area contributed by atoms with Gasteiger partial charge in [0.25, 0.3) is 0 Å². The van der Waals surface area contributed by atoms with Crippen molar-refractivity contribution >= 4 is 31.9 Å². The second-order valence-electron chi connectivity index (χ2n) is 28.8. The van der Waals surface area contributed by atoms with Gasteiger partial charge < -0.3 is 66.3 Å². The first-order valence-electron chi connectivity index (χ1n) is 40.0. The van der Waals surface area contributed by atoms with Gasteiger partial charge in [0.1, 0.15) is 177 Å². The highest BCUT2D eigenvalue weighted by molar-refractivity contribution is 9.10. The Hall–Kier alpha value is -13.5. The molecule has 0 N–H and O–H groups in total. The van der Waals surface area contributed by atoms with Crippen molar-refractivity contribution in [2.75, 3.05) is 0 Å². The van der Waals surface area contributed by atoms with E-state index in [0.29, 0.717) is 143 Å². The first-order valence-corrected chi connectivity index (χ1v) is 41.9. The topological polar surface area (TPSA) is 129 Å². The molecule has 14 nitrogen and oxygen atoms in total. The van der Waals surface area contributed by atoms with Gasteiger partial charge >= 0.3 is 0 Å². The van der Waals surface area contributed by atoms with Gasteiger partial charge in [-0.15, -0.1) is 0 Å². The number of rotatable bonds is 43. The van der Waals surface area contributed by atoms with Crippen molar-refractivity contribution in [3.05, 3.63) is 452 Å². The summed E-state index contributed by atoms with van der Waals surface area (Å²) < 4.78 is 93.0. The molecule has 0 saturated carbocycles. The van der Waals surface area contributed by atoms with Crippen LogP contribution in [-0.2, 0) is 97.8 Å². The lowest BCUT2D eigenvalue weighted by molar-refractivity contribution is 0.270. The van der Waals surface area contributed by atoms with E-state index in [1.165, 1.54) is 0 Å². The van der Waals surface area contributed by atoms with Crippen molar-refractivity contribution in [2.45, 2.75) is 97.8 Å². The number of hydrogen-bond donors (Lipinski definition) is 0. The number of ether oxygens (including phenoxy) is 14. The monoisotopic (exact) mass is 1730 g/mol. The third kappa shape index (κ3) is 26.2. The third-order valence-corrected chi connectivity index (χ3v) is 20.7. The van der Waals surface area contributed by atoms with Crippen LogP contribution in [-0.4, -0.2) is 0 Å². The first-order chi connectivity index (χ1) is 59.7. The molecule has 0 bridgehead atoms. The summed E-state index contributed by atoms with van der Waals surface area (Å²) in [4.78, 5) is 0. The highest BCUT2D eigenvalue weighted by Gasteiger charge is 2.18. The molecule has 0 unspecified atom stereocenters. The van der Waals surface area contributed by atoms with E-state index < -0.39 is 0 Å². The maximum Gasteiger partial charge on any atom is 0.138 e. The van der Waals surface area contributed by atoms with Crippen LogP contribution in [0.15, 0.2) is 368 Å². The van der Waals surface area contributed by atoms with Crippen LogP contribution in [0.3, 0.4) is 0 Å². The Balaban J connectivity index is 0.701. The minimum Gasteiger partial charge on any atom is -0.489 e. The molecule has 0 aliphatic rings. The molecule has 0 amide bonds. The van der Waals surface area contributed by atoms with Crippen molar-refractivity contribution < 1.29 is 66.3 Å². The molecule has 16 heteroatoms. The van der Waals surface area contributed by atoms with E-state index in [4.69, 9.17) is 66.3 Å². The van der Waals surface area contributed by atoms with Gasteiger partial charge in [-0.25, -0.2) is 0 Å². The molecule has 0 aliphatic heterocycles. The van der Waals surface area contributed by atoms with Crippen molar-refractivity contribution in [3.8, 4) is 80.5 Å². The second kappa shape index (κ2) is 43.2. The summed E-state index contributed by atoms with van der Waals surface area (Å²) in [6, 6.07) is 120. The van der Waals surface area contributed by atoms with Crippen LogP contribution in [0.25, 0.3) is 0 Å². The fourth-order valence-electron chi connectivity index (χ4n) is 13.1. The van der Waals surface area contributed by atoms with Gasteiger partial charge in [-0.2, -0.15) is 0 Å². The number of halogens is 2. The summed E-state index contributed by atoms with van der Waals surface area (Å²) in [7, 11) is 0. The number of benzene rings is 15. The Labute approximate surface area is 723 Å². The fourth-order valence-corrected chi connectivity index (χ4v) is 13.9. The van der Waals surface area contributed by atoms with E-state index in [1.54, 1.807) is 0 Å². The van der Waals surface area contributed by atoms with Gasteiger partial charge in [0.15, 0.2) is 0 Å². The van der Waals surface area contributed by atoms with Gasteiger partial charge in [0.05, 0.1) is 0 Å². The lowest BCUT2D eigenvalue weighted by Crippen LogP contribution is -2.04. The summed E-state index contributed by atoms with van der Waals surface area (Å²) in [6.45, 7) is 3.81. The van der Waals surface area contributed by atoms with E-state index in [0.717, 1.165) is 83.5 Å². The van der Waals surface area contributed by atoms with Gasteiger partial charge in [0.2, 0.25) is 0 Å². The summed E-state index contributed by atoms with van der Waals surface area (Å²) in [6.07, 6.45) is 0. The molecule has 0 heterocycles. The number of hydrogen-bond acceptors (Lipinski definition) is 14. The smallest absolute Gasteiger partial charge is 0.138 e. The quantitative estimate of drug-likeness (QED) is 0.0336. The molecule has 121 heavy (non-hydrogen) atoms. The predicted octanol–water partition coefficient (Wildman–Crippen LogP) is 25.5. The number of alkyl halides is 1. The molecule has 0 aromatic heterocycles. The molecular formula is C105H90Br2O14. The minimum atomic E-state index is 0.123. The molecule has 0 saturated heterocycles. The first kappa shape index (κ1) is 82.6. The molecule has 0 spiro atoms. The van der Waals surface area contributed by atoms with Gasteiger partial charge in [-0.3, -0.25) is 0 Å². The van der Waals surface area contributed by atoms with Crippen LogP contribution < -0.4 is 66.3 Å². The maximum absolute atomic E-state index is 6.81. The van der Waals surface area contributed by atoms with E-state index in [-0.39, 0.29) is 39.6 Å². The van der Waals surface area contributed by atoms with Crippen molar-refractivity contribution in [1.82, 2.24) is 0 Å². The second-order valence-corrected chi connectivity index (χ2v) is 30.2. The Morgan fingerprint density at radius 2 is 0.273 bits per heavy atom. The van der Waals surface area contributed by atoms with Gasteiger partial charge in [-0.05, 0) is 184 Å². The average molecular weight is 1740 g/mol. The van der Waals surface area contributed by atoms with Gasteiger partial charge in [-0.1, -0.05) is 259 Å². The zero-order valence-corrected chi connectivity index (χ0v) is 69.9. The summed E-state index contributed by atoms with van der Waals surface area (Å²) in [5, 5.41) is 0.518.